The number of pyridine rings is 1. The lowest BCUT2D eigenvalue weighted by atomic mass is 10.1. The van der Waals surface area contributed by atoms with Crippen LogP contribution in [0.3, 0.4) is 0 Å². The summed E-state index contributed by atoms with van der Waals surface area (Å²) >= 11 is 0. The lowest BCUT2D eigenvalue weighted by Gasteiger charge is -1.96. The van der Waals surface area contributed by atoms with Crippen molar-refractivity contribution in [3.63, 3.8) is 0 Å². The van der Waals surface area contributed by atoms with E-state index in [1.807, 2.05) is 32.2 Å². The van der Waals surface area contributed by atoms with Crippen LogP contribution in [0.25, 0.3) is 6.08 Å². The van der Waals surface area contributed by atoms with Crippen LogP contribution in [0.1, 0.15) is 25.1 Å². The first-order chi connectivity index (χ1) is 7.22. The third-order valence-corrected chi connectivity index (χ3v) is 1.74. The van der Waals surface area contributed by atoms with E-state index in [0.29, 0.717) is 0 Å². The van der Waals surface area contributed by atoms with Crippen molar-refractivity contribution in [1.82, 2.24) is 4.98 Å². The minimum Gasteiger partial charge on any atom is -0.333 e. The molecule has 1 heterocycles. The second kappa shape index (κ2) is 7.94. The third-order valence-electron chi connectivity index (χ3n) is 1.74. The van der Waals surface area contributed by atoms with E-state index in [2.05, 4.69) is 35.9 Å². The van der Waals surface area contributed by atoms with Crippen molar-refractivity contribution in [1.29, 1.82) is 0 Å². The monoisotopic (exact) mass is 204 g/mol. The molecule has 0 atom stereocenters. The van der Waals surface area contributed by atoms with Gasteiger partial charge in [0.15, 0.2) is 0 Å². The average Bonchev–Trinajstić information content (AvgIpc) is 2.21. The molecule has 0 bridgehead atoms. The van der Waals surface area contributed by atoms with E-state index in [4.69, 9.17) is 0 Å². The zero-order valence-corrected chi connectivity index (χ0v) is 9.99. The lowest BCUT2D eigenvalue weighted by Crippen LogP contribution is -1.81. The number of aromatic nitrogens is 1. The van der Waals surface area contributed by atoms with Crippen LogP contribution in [-0.4, -0.2) is 12.0 Å². The number of allylic oxidation sites excluding steroid dienone is 3. The number of nitrogens with zero attached hydrogens (tertiary/aromatic N) is 1. The van der Waals surface area contributed by atoms with Crippen molar-refractivity contribution in [2.45, 2.75) is 20.8 Å². The highest BCUT2D eigenvalue weighted by molar-refractivity contribution is 5.54. The molecular weight excluding hydrogens is 184 g/mol. The van der Waals surface area contributed by atoms with Gasteiger partial charge in [-0.3, -0.25) is 4.98 Å². The minimum absolute atomic E-state index is 1.06. The van der Waals surface area contributed by atoms with Gasteiger partial charge >= 0.3 is 0 Å². The van der Waals surface area contributed by atoms with Gasteiger partial charge in [0, 0.05) is 11.9 Å². The highest BCUT2D eigenvalue weighted by Gasteiger charge is 1.89. The lowest BCUT2D eigenvalue weighted by molar-refractivity contribution is 1.20. The highest BCUT2D eigenvalue weighted by atomic mass is 14.6. The summed E-state index contributed by atoms with van der Waals surface area (Å²) in [5, 5.41) is 0. The molecule has 1 rings (SSSR count). The molecule has 15 heavy (non-hydrogen) atoms. The van der Waals surface area contributed by atoms with Crippen LogP contribution < -0.4 is 5.73 Å². The molecule has 0 saturated heterocycles. The summed E-state index contributed by atoms with van der Waals surface area (Å²) in [6.07, 6.45) is 8.12. The Morgan fingerprint density at radius 2 is 2.07 bits per heavy atom. The molecule has 0 aromatic carbocycles. The Hall–Kier alpha value is -1.41. The SMILES string of the molecule is C/C=C\C(C)=C/c1ccnc(C)c1.CN. The number of nitrogens with two attached hydrogens (primary N) is 1. The topological polar surface area (TPSA) is 38.9 Å². The van der Waals surface area contributed by atoms with Crippen molar-refractivity contribution in [2.75, 3.05) is 7.05 Å². The van der Waals surface area contributed by atoms with Crippen molar-refractivity contribution in [2.24, 2.45) is 5.73 Å². The second-order valence-electron chi connectivity index (χ2n) is 3.12. The fourth-order valence-electron chi connectivity index (χ4n) is 1.23. The second-order valence-corrected chi connectivity index (χ2v) is 3.12. The molecule has 0 saturated carbocycles. The maximum absolute atomic E-state index is 4.50. The summed E-state index contributed by atoms with van der Waals surface area (Å²) in [5.41, 5.74) is 8.03. The Morgan fingerprint density at radius 3 is 2.60 bits per heavy atom. The van der Waals surface area contributed by atoms with Gasteiger partial charge in [0.05, 0.1) is 0 Å². The van der Waals surface area contributed by atoms with Crippen LogP contribution >= 0.6 is 0 Å². The van der Waals surface area contributed by atoms with E-state index in [0.717, 1.165) is 5.69 Å². The third kappa shape index (κ3) is 5.81. The molecule has 0 spiro atoms. The van der Waals surface area contributed by atoms with Crippen LogP contribution in [0.15, 0.2) is 36.1 Å². The van der Waals surface area contributed by atoms with E-state index in [9.17, 15) is 0 Å². The summed E-state index contributed by atoms with van der Waals surface area (Å²) in [6, 6.07) is 4.09. The smallest absolute Gasteiger partial charge is 0.0378 e. The largest absolute Gasteiger partial charge is 0.333 e. The van der Waals surface area contributed by atoms with Crippen LogP contribution in [0.2, 0.25) is 0 Å². The van der Waals surface area contributed by atoms with Crippen LogP contribution in [0.4, 0.5) is 0 Å². The molecule has 0 aliphatic rings. The van der Waals surface area contributed by atoms with Gasteiger partial charge in [0.1, 0.15) is 0 Å². The van der Waals surface area contributed by atoms with Crippen molar-refractivity contribution in [3.8, 4) is 0 Å². The molecule has 2 N–H and O–H groups in total. The van der Waals surface area contributed by atoms with Gasteiger partial charge in [0.25, 0.3) is 0 Å². The normalized spacial score (nSPS) is 11.1. The molecule has 0 aliphatic carbocycles. The molecule has 1 aromatic rings. The number of hydrogen-bond acceptors (Lipinski definition) is 2. The molecule has 2 nitrogen and oxygen atoms in total. The minimum atomic E-state index is 1.06. The molecule has 1 aromatic heterocycles. The number of hydrogen-bond donors (Lipinski definition) is 1. The molecule has 2 heteroatoms. The molecule has 0 amide bonds. The van der Waals surface area contributed by atoms with E-state index in [-0.39, 0.29) is 0 Å². The Kier molecular flexibility index (Phi) is 7.20. The maximum Gasteiger partial charge on any atom is 0.0378 e. The summed E-state index contributed by atoms with van der Waals surface area (Å²) < 4.78 is 0. The average molecular weight is 204 g/mol. The van der Waals surface area contributed by atoms with Crippen LogP contribution in [0, 0.1) is 6.92 Å². The highest BCUT2D eigenvalue weighted by Crippen LogP contribution is 2.07. The van der Waals surface area contributed by atoms with Gasteiger partial charge in [-0.15, -0.1) is 0 Å². The first-order valence-corrected chi connectivity index (χ1v) is 5.04. The maximum atomic E-state index is 4.50. The quantitative estimate of drug-likeness (QED) is 0.752. The first-order valence-electron chi connectivity index (χ1n) is 5.04. The van der Waals surface area contributed by atoms with Crippen molar-refractivity contribution < 1.29 is 0 Å². The summed E-state index contributed by atoms with van der Waals surface area (Å²) in [7, 11) is 1.50. The van der Waals surface area contributed by atoms with Gasteiger partial charge < -0.3 is 5.73 Å². The zero-order chi connectivity index (χ0) is 11.7. The van der Waals surface area contributed by atoms with Gasteiger partial charge in [-0.25, -0.2) is 0 Å². The fourth-order valence-corrected chi connectivity index (χ4v) is 1.23. The fraction of sp³-hybridized carbons (Fsp3) is 0.308. The van der Waals surface area contributed by atoms with E-state index in [1.54, 1.807) is 0 Å². The number of aryl methyl sites for hydroxylation is 1. The van der Waals surface area contributed by atoms with E-state index in [1.165, 1.54) is 18.2 Å². The Morgan fingerprint density at radius 1 is 1.40 bits per heavy atom. The van der Waals surface area contributed by atoms with E-state index < -0.39 is 0 Å². The summed E-state index contributed by atoms with van der Waals surface area (Å²) in [6.45, 7) is 6.12. The predicted octanol–water partition coefficient (Wildman–Crippen LogP) is 2.94. The van der Waals surface area contributed by atoms with Gasteiger partial charge in [-0.2, -0.15) is 0 Å². The molecule has 0 unspecified atom stereocenters. The predicted molar refractivity (Wildman–Crippen MR) is 67.6 cm³/mol. The molecule has 0 aliphatic heterocycles. The molecule has 0 fully saturated rings. The van der Waals surface area contributed by atoms with Gasteiger partial charge in [0.2, 0.25) is 0 Å². The zero-order valence-electron chi connectivity index (χ0n) is 9.99. The molecule has 0 radical (unpaired) electrons. The van der Waals surface area contributed by atoms with Crippen molar-refractivity contribution >= 4 is 6.08 Å². The Balaban J connectivity index is 0.000000921. The molecular formula is C13H20N2. The van der Waals surface area contributed by atoms with Gasteiger partial charge in [-0.05, 0) is 45.5 Å². The molecule has 82 valence electrons. The Bertz CT molecular complexity index is 338. The van der Waals surface area contributed by atoms with E-state index >= 15 is 0 Å². The van der Waals surface area contributed by atoms with Crippen LogP contribution in [-0.2, 0) is 0 Å². The standard InChI is InChI=1S/C12H15N.CH5N/c1-4-5-10(2)8-12-6-7-13-11(3)9-12;1-2/h4-9H,1-3H3;2H2,1H3/b5-4-,10-8-;. The Labute approximate surface area is 92.5 Å². The number of rotatable bonds is 2. The summed E-state index contributed by atoms with van der Waals surface area (Å²) in [4.78, 5) is 4.15. The van der Waals surface area contributed by atoms with Gasteiger partial charge in [-0.1, -0.05) is 23.8 Å². The summed E-state index contributed by atoms with van der Waals surface area (Å²) in [5.74, 6) is 0. The van der Waals surface area contributed by atoms with Crippen LogP contribution in [0.5, 0.6) is 0 Å². The van der Waals surface area contributed by atoms with Crippen molar-refractivity contribution in [3.05, 3.63) is 47.3 Å². The first kappa shape index (κ1) is 13.6.